The average Bonchev–Trinajstić information content (AvgIpc) is 2.46. The first-order chi connectivity index (χ1) is 10.1. The van der Waals surface area contributed by atoms with Gasteiger partial charge in [-0.1, -0.05) is 13.8 Å². The molecule has 1 fully saturated rings. The van der Waals surface area contributed by atoms with E-state index in [4.69, 9.17) is 9.47 Å². The minimum absolute atomic E-state index is 0.0105. The monoisotopic (exact) mass is 290 g/mol. The summed E-state index contributed by atoms with van der Waals surface area (Å²) in [5.74, 6) is 1.43. The van der Waals surface area contributed by atoms with Crippen molar-refractivity contribution in [1.29, 1.82) is 0 Å². The van der Waals surface area contributed by atoms with Gasteiger partial charge < -0.3 is 20.1 Å². The van der Waals surface area contributed by atoms with Crippen molar-refractivity contribution in [3.63, 3.8) is 0 Å². The molecule has 0 spiro atoms. The van der Waals surface area contributed by atoms with Gasteiger partial charge in [0, 0.05) is 11.8 Å². The predicted molar refractivity (Wildman–Crippen MR) is 80.9 cm³/mol. The van der Waals surface area contributed by atoms with Crippen LogP contribution in [0.4, 0.5) is 5.69 Å². The van der Waals surface area contributed by atoms with Crippen LogP contribution in [0.3, 0.4) is 0 Å². The Morgan fingerprint density at radius 2 is 2.05 bits per heavy atom. The third-order valence-electron chi connectivity index (χ3n) is 4.20. The molecule has 0 radical (unpaired) electrons. The van der Waals surface area contributed by atoms with Crippen molar-refractivity contribution < 1.29 is 14.3 Å². The van der Waals surface area contributed by atoms with Crippen molar-refractivity contribution in [3.05, 3.63) is 18.2 Å². The Kier molecular flexibility index (Phi) is 3.76. The van der Waals surface area contributed by atoms with Crippen LogP contribution in [0.2, 0.25) is 0 Å². The maximum Gasteiger partial charge on any atom is 0.242 e. The highest BCUT2D eigenvalue weighted by atomic mass is 16.6. The topological polar surface area (TPSA) is 59.6 Å². The fraction of sp³-hybridized carbons (Fsp3) is 0.562. The number of fused-ring (bicyclic) bond motifs is 1. The molecule has 1 atom stereocenters. The van der Waals surface area contributed by atoms with Crippen LogP contribution in [-0.2, 0) is 4.79 Å². The third-order valence-corrected chi connectivity index (χ3v) is 4.20. The largest absolute Gasteiger partial charge is 0.486 e. The summed E-state index contributed by atoms with van der Waals surface area (Å²) in [5.41, 5.74) is 0.711. The van der Waals surface area contributed by atoms with Crippen LogP contribution in [-0.4, -0.2) is 31.7 Å². The molecule has 1 amide bonds. The first-order valence-corrected chi connectivity index (χ1v) is 7.50. The Morgan fingerprint density at radius 3 is 2.81 bits per heavy atom. The van der Waals surface area contributed by atoms with Crippen molar-refractivity contribution >= 4 is 11.6 Å². The molecule has 114 valence electrons. The van der Waals surface area contributed by atoms with Crippen LogP contribution in [0, 0.1) is 5.41 Å². The highest BCUT2D eigenvalue weighted by Crippen LogP contribution is 2.34. The smallest absolute Gasteiger partial charge is 0.242 e. The Labute approximate surface area is 125 Å². The quantitative estimate of drug-likeness (QED) is 0.876. The summed E-state index contributed by atoms with van der Waals surface area (Å²) in [7, 11) is 0. The zero-order chi connectivity index (χ0) is 14.9. The van der Waals surface area contributed by atoms with Gasteiger partial charge in [-0.25, -0.2) is 0 Å². The molecule has 2 aliphatic rings. The molecular weight excluding hydrogens is 268 g/mol. The number of amides is 1. The molecule has 2 heterocycles. The molecule has 5 nitrogen and oxygen atoms in total. The van der Waals surface area contributed by atoms with Gasteiger partial charge >= 0.3 is 0 Å². The minimum Gasteiger partial charge on any atom is -0.486 e. The molecule has 2 N–H and O–H groups in total. The zero-order valence-corrected chi connectivity index (χ0v) is 12.6. The maximum absolute atomic E-state index is 12.5. The molecule has 0 saturated carbocycles. The number of benzene rings is 1. The molecular formula is C16H22N2O3. The first-order valence-electron chi connectivity index (χ1n) is 7.50. The van der Waals surface area contributed by atoms with Crippen LogP contribution in [0.15, 0.2) is 18.2 Å². The Morgan fingerprint density at radius 1 is 1.29 bits per heavy atom. The number of ether oxygens (including phenoxy) is 2. The number of anilines is 1. The van der Waals surface area contributed by atoms with E-state index in [9.17, 15) is 4.79 Å². The molecule has 5 heteroatoms. The van der Waals surface area contributed by atoms with E-state index in [1.807, 2.05) is 18.2 Å². The van der Waals surface area contributed by atoms with Crippen LogP contribution in [0.25, 0.3) is 0 Å². The number of hydrogen-bond acceptors (Lipinski definition) is 4. The lowest BCUT2D eigenvalue weighted by molar-refractivity contribution is -0.121. The number of hydrogen-bond donors (Lipinski definition) is 2. The molecule has 0 aromatic heterocycles. The third kappa shape index (κ3) is 2.97. The second kappa shape index (κ2) is 5.56. The van der Waals surface area contributed by atoms with Crippen molar-refractivity contribution in [1.82, 2.24) is 5.32 Å². The van der Waals surface area contributed by atoms with E-state index in [2.05, 4.69) is 24.5 Å². The summed E-state index contributed by atoms with van der Waals surface area (Å²) in [6.45, 7) is 6.27. The summed E-state index contributed by atoms with van der Waals surface area (Å²) in [4.78, 5) is 12.5. The highest BCUT2D eigenvalue weighted by molar-refractivity contribution is 5.95. The van der Waals surface area contributed by atoms with Gasteiger partial charge in [0.25, 0.3) is 0 Å². The molecule has 0 bridgehead atoms. The van der Waals surface area contributed by atoms with Gasteiger partial charge in [0.05, 0.1) is 6.04 Å². The molecule has 1 aromatic rings. The van der Waals surface area contributed by atoms with Crippen LogP contribution in [0.5, 0.6) is 11.5 Å². The maximum atomic E-state index is 12.5. The van der Waals surface area contributed by atoms with Crippen LogP contribution < -0.4 is 20.1 Å². The molecule has 1 aromatic carbocycles. The SMILES string of the molecule is CC1(C)CCCNC1C(=O)Nc1ccc2c(c1)OCCO2. The number of rotatable bonds is 2. The Hall–Kier alpha value is -1.75. The summed E-state index contributed by atoms with van der Waals surface area (Å²) in [5, 5.41) is 6.30. The van der Waals surface area contributed by atoms with Gasteiger partial charge in [0.1, 0.15) is 13.2 Å². The molecule has 1 saturated heterocycles. The van der Waals surface area contributed by atoms with E-state index < -0.39 is 0 Å². The molecule has 2 aliphatic heterocycles. The van der Waals surface area contributed by atoms with Crippen molar-refractivity contribution in [2.75, 3.05) is 25.1 Å². The minimum atomic E-state index is -0.167. The summed E-state index contributed by atoms with van der Waals surface area (Å²) < 4.78 is 11.0. The molecule has 21 heavy (non-hydrogen) atoms. The lowest BCUT2D eigenvalue weighted by Gasteiger charge is -2.38. The molecule has 0 aliphatic carbocycles. The number of piperidine rings is 1. The van der Waals surface area contributed by atoms with Crippen LogP contribution in [0.1, 0.15) is 26.7 Å². The lowest BCUT2D eigenvalue weighted by Crippen LogP contribution is -2.53. The highest BCUT2D eigenvalue weighted by Gasteiger charge is 2.37. The van der Waals surface area contributed by atoms with Gasteiger partial charge in [-0.2, -0.15) is 0 Å². The fourth-order valence-electron chi connectivity index (χ4n) is 2.99. The normalized spacial score (nSPS) is 23.4. The number of nitrogens with one attached hydrogen (secondary N) is 2. The van der Waals surface area contributed by atoms with E-state index in [-0.39, 0.29) is 17.4 Å². The van der Waals surface area contributed by atoms with Crippen molar-refractivity contribution in [3.8, 4) is 11.5 Å². The van der Waals surface area contributed by atoms with E-state index in [1.54, 1.807) is 0 Å². The van der Waals surface area contributed by atoms with E-state index >= 15 is 0 Å². The second-order valence-corrected chi connectivity index (χ2v) is 6.33. The average molecular weight is 290 g/mol. The number of carbonyl (C=O) groups is 1. The van der Waals surface area contributed by atoms with Gasteiger partial charge in [-0.15, -0.1) is 0 Å². The van der Waals surface area contributed by atoms with E-state index in [0.29, 0.717) is 19.0 Å². The van der Waals surface area contributed by atoms with Crippen molar-refractivity contribution in [2.45, 2.75) is 32.7 Å². The van der Waals surface area contributed by atoms with Gasteiger partial charge in [0.15, 0.2) is 11.5 Å². The number of carbonyl (C=O) groups excluding carboxylic acids is 1. The second-order valence-electron chi connectivity index (χ2n) is 6.33. The standard InChI is InChI=1S/C16H22N2O3/c1-16(2)6-3-7-17-14(16)15(19)18-11-4-5-12-13(10-11)21-9-8-20-12/h4-5,10,14,17H,3,6-9H2,1-2H3,(H,18,19). The van der Waals surface area contributed by atoms with E-state index in [1.165, 1.54) is 0 Å². The summed E-state index contributed by atoms with van der Waals surface area (Å²) in [6.07, 6.45) is 2.17. The fourth-order valence-corrected chi connectivity index (χ4v) is 2.99. The Balaban J connectivity index is 1.72. The predicted octanol–water partition coefficient (Wildman–Crippen LogP) is 2.17. The van der Waals surface area contributed by atoms with Crippen LogP contribution >= 0.6 is 0 Å². The van der Waals surface area contributed by atoms with E-state index in [0.717, 1.165) is 30.8 Å². The lowest BCUT2D eigenvalue weighted by atomic mass is 9.77. The first kappa shape index (κ1) is 14.2. The molecule has 3 rings (SSSR count). The Bertz CT molecular complexity index is 542. The zero-order valence-electron chi connectivity index (χ0n) is 12.6. The molecule has 1 unspecified atom stereocenters. The van der Waals surface area contributed by atoms with Gasteiger partial charge in [-0.3, -0.25) is 4.79 Å². The summed E-state index contributed by atoms with van der Waals surface area (Å²) in [6, 6.07) is 5.34. The van der Waals surface area contributed by atoms with Crippen molar-refractivity contribution in [2.24, 2.45) is 5.41 Å². The van der Waals surface area contributed by atoms with Gasteiger partial charge in [-0.05, 0) is 36.9 Å². The summed E-state index contributed by atoms with van der Waals surface area (Å²) >= 11 is 0. The van der Waals surface area contributed by atoms with Gasteiger partial charge in [0.2, 0.25) is 5.91 Å².